The lowest BCUT2D eigenvalue weighted by molar-refractivity contribution is 0.441. The van der Waals surface area contributed by atoms with E-state index >= 15 is 0 Å². The predicted octanol–water partition coefficient (Wildman–Crippen LogP) is 5.13. The van der Waals surface area contributed by atoms with Crippen LogP contribution in [0.25, 0.3) is 0 Å². The highest BCUT2D eigenvalue weighted by Crippen LogP contribution is 2.36. The molecule has 0 aliphatic heterocycles. The summed E-state index contributed by atoms with van der Waals surface area (Å²) in [6.45, 7) is 16.0. The molecule has 0 unspecified atom stereocenters. The molecule has 1 heterocycles. The summed E-state index contributed by atoms with van der Waals surface area (Å²) in [5.74, 6) is 1.18. The van der Waals surface area contributed by atoms with Gasteiger partial charge in [0.2, 0.25) is 0 Å². The van der Waals surface area contributed by atoms with Gasteiger partial charge in [-0.1, -0.05) is 54.9 Å². The lowest BCUT2D eigenvalue weighted by Gasteiger charge is -2.29. The lowest BCUT2D eigenvalue weighted by Crippen LogP contribution is -2.25. The van der Waals surface area contributed by atoms with Gasteiger partial charge in [-0.05, 0) is 19.3 Å². The minimum absolute atomic E-state index is 0.155. The van der Waals surface area contributed by atoms with Crippen LogP contribution in [0.4, 0.5) is 0 Å². The van der Waals surface area contributed by atoms with Crippen molar-refractivity contribution < 1.29 is 0 Å². The van der Waals surface area contributed by atoms with Gasteiger partial charge in [0.25, 0.3) is 0 Å². The zero-order valence-corrected chi connectivity index (χ0v) is 14.0. The standard InChI is InChI=1S/C17H32N2/c1-8-11-12-13-18-14(16(4,5)9-2)15(19-13)17(6,7)10-3/h8-12H2,1-7H3,(H,18,19). The summed E-state index contributed by atoms with van der Waals surface area (Å²) >= 11 is 0. The zero-order chi connectivity index (χ0) is 14.7. The second-order valence-corrected chi connectivity index (χ2v) is 6.99. The molecule has 0 atom stereocenters. The lowest BCUT2D eigenvalue weighted by atomic mass is 9.77. The fourth-order valence-electron chi connectivity index (χ4n) is 2.21. The van der Waals surface area contributed by atoms with Crippen LogP contribution < -0.4 is 0 Å². The number of hydrogen-bond donors (Lipinski definition) is 1. The maximum atomic E-state index is 4.95. The molecule has 0 saturated heterocycles. The molecule has 0 radical (unpaired) electrons. The first-order valence-electron chi connectivity index (χ1n) is 7.88. The molecule has 1 aromatic rings. The third-order valence-corrected chi connectivity index (χ3v) is 4.61. The normalized spacial score (nSPS) is 13.0. The van der Waals surface area contributed by atoms with Crippen molar-refractivity contribution in [1.29, 1.82) is 0 Å². The summed E-state index contributed by atoms with van der Waals surface area (Å²) in [5, 5.41) is 0. The van der Waals surface area contributed by atoms with Crippen LogP contribution in [0.5, 0.6) is 0 Å². The van der Waals surface area contributed by atoms with E-state index in [1.54, 1.807) is 0 Å². The number of nitrogens with one attached hydrogen (secondary N) is 1. The summed E-state index contributed by atoms with van der Waals surface area (Å²) < 4.78 is 0. The average molecular weight is 264 g/mol. The van der Waals surface area contributed by atoms with Crippen LogP contribution in [0.3, 0.4) is 0 Å². The molecular weight excluding hydrogens is 232 g/mol. The fourth-order valence-corrected chi connectivity index (χ4v) is 2.21. The summed E-state index contributed by atoms with van der Waals surface area (Å²) in [6.07, 6.45) is 5.77. The van der Waals surface area contributed by atoms with Gasteiger partial charge in [0, 0.05) is 22.9 Å². The largest absolute Gasteiger partial charge is 0.345 e. The zero-order valence-electron chi connectivity index (χ0n) is 14.0. The SMILES string of the molecule is CCCCc1nc(C(C)(C)CC)c(C(C)(C)CC)[nH]1. The highest BCUT2D eigenvalue weighted by Gasteiger charge is 2.32. The molecule has 1 N–H and O–H groups in total. The summed E-state index contributed by atoms with van der Waals surface area (Å²) in [6, 6.07) is 0. The number of unbranched alkanes of at least 4 members (excludes halogenated alkanes) is 1. The molecule has 0 spiro atoms. The Bertz CT molecular complexity index is 366. The fraction of sp³-hybridized carbons (Fsp3) is 0.824. The van der Waals surface area contributed by atoms with E-state index in [1.807, 2.05) is 0 Å². The van der Waals surface area contributed by atoms with Crippen molar-refractivity contribution in [3.05, 3.63) is 17.2 Å². The Hall–Kier alpha value is -0.790. The molecule has 110 valence electrons. The van der Waals surface area contributed by atoms with Gasteiger partial charge in [-0.15, -0.1) is 0 Å². The van der Waals surface area contributed by atoms with Gasteiger partial charge in [-0.25, -0.2) is 4.98 Å². The number of imidazole rings is 1. The smallest absolute Gasteiger partial charge is 0.106 e. The number of hydrogen-bond acceptors (Lipinski definition) is 1. The molecule has 19 heavy (non-hydrogen) atoms. The van der Waals surface area contributed by atoms with Crippen LogP contribution in [0, 0.1) is 0 Å². The Kier molecular flexibility index (Phi) is 5.23. The van der Waals surface area contributed by atoms with Gasteiger partial charge in [0.1, 0.15) is 5.82 Å². The molecular formula is C17H32N2. The van der Waals surface area contributed by atoms with E-state index < -0.39 is 0 Å². The van der Waals surface area contributed by atoms with E-state index in [4.69, 9.17) is 4.98 Å². The van der Waals surface area contributed by atoms with Crippen LogP contribution in [0.1, 0.15) is 91.4 Å². The molecule has 0 amide bonds. The molecule has 2 heteroatoms. The maximum absolute atomic E-state index is 4.95. The van der Waals surface area contributed by atoms with Crippen LogP contribution in [-0.2, 0) is 17.3 Å². The Balaban J connectivity index is 3.22. The third kappa shape index (κ3) is 3.61. The molecule has 1 rings (SSSR count). The number of aromatic amines is 1. The Morgan fingerprint density at radius 3 is 2.00 bits per heavy atom. The Morgan fingerprint density at radius 1 is 0.947 bits per heavy atom. The number of aryl methyl sites for hydroxylation is 1. The second-order valence-electron chi connectivity index (χ2n) is 6.99. The molecule has 2 nitrogen and oxygen atoms in total. The van der Waals surface area contributed by atoms with Crippen molar-refractivity contribution in [3.63, 3.8) is 0 Å². The molecule has 0 aliphatic carbocycles. The number of nitrogens with zero attached hydrogens (tertiary/aromatic N) is 1. The van der Waals surface area contributed by atoms with E-state index in [-0.39, 0.29) is 10.8 Å². The van der Waals surface area contributed by atoms with Crippen molar-refractivity contribution in [2.24, 2.45) is 0 Å². The van der Waals surface area contributed by atoms with Crippen LogP contribution in [0.2, 0.25) is 0 Å². The highest BCUT2D eigenvalue weighted by molar-refractivity contribution is 5.29. The van der Waals surface area contributed by atoms with Crippen molar-refractivity contribution >= 4 is 0 Å². The number of aromatic nitrogens is 2. The van der Waals surface area contributed by atoms with E-state index in [9.17, 15) is 0 Å². The highest BCUT2D eigenvalue weighted by atomic mass is 15.0. The average Bonchev–Trinajstić information content (AvgIpc) is 2.82. The van der Waals surface area contributed by atoms with Crippen molar-refractivity contribution in [2.75, 3.05) is 0 Å². The van der Waals surface area contributed by atoms with Gasteiger partial charge in [0.05, 0.1) is 5.69 Å². The van der Waals surface area contributed by atoms with Crippen LogP contribution in [0.15, 0.2) is 0 Å². The molecule has 0 fully saturated rings. The summed E-state index contributed by atoms with van der Waals surface area (Å²) in [7, 11) is 0. The van der Waals surface area contributed by atoms with E-state index in [2.05, 4.69) is 53.5 Å². The maximum Gasteiger partial charge on any atom is 0.106 e. The first kappa shape index (κ1) is 16.3. The van der Waals surface area contributed by atoms with Gasteiger partial charge in [-0.3, -0.25) is 0 Å². The quantitative estimate of drug-likeness (QED) is 0.727. The predicted molar refractivity (Wildman–Crippen MR) is 83.8 cm³/mol. The topological polar surface area (TPSA) is 28.7 Å². The summed E-state index contributed by atoms with van der Waals surface area (Å²) in [5.41, 5.74) is 2.98. The molecule has 0 bridgehead atoms. The third-order valence-electron chi connectivity index (χ3n) is 4.61. The Labute approximate surface area is 119 Å². The first-order chi connectivity index (χ1) is 8.78. The molecule has 1 aromatic heterocycles. The minimum Gasteiger partial charge on any atom is -0.345 e. The van der Waals surface area contributed by atoms with Gasteiger partial charge < -0.3 is 4.98 Å². The van der Waals surface area contributed by atoms with Crippen molar-refractivity contribution in [2.45, 2.75) is 91.4 Å². The van der Waals surface area contributed by atoms with Gasteiger partial charge in [0.15, 0.2) is 0 Å². The molecule has 0 aliphatic rings. The summed E-state index contributed by atoms with van der Waals surface area (Å²) in [4.78, 5) is 8.59. The minimum atomic E-state index is 0.155. The number of rotatable bonds is 7. The number of H-pyrrole nitrogens is 1. The van der Waals surface area contributed by atoms with E-state index in [0.717, 1.165) is 19.3 Å². The van der Waals surface area contributed by atoms with Crippen LogP contribution in [-0.4, -0.2) is 9.97 Å². The molecule has 0 saturated carbocycles. The Morgan fingerprint density at radius 2 is 1.53 bits per heavy atom. The van der Waals surface area contributed by atoms with Crippen molar-refractivity contribution in [3.8, 4) is 0 Å². The monoisotopic (exact) mass is 264 g/mol. The van der Waals surface area contributed by atoms with Crippen LogP contribution >= 0.6 is 0 Å². The van der Waals surface area contributed by atoms with Crippen molar-refractivity contribution in [1.82, 2.24) is 9.97 Å². The van der Waals surface area contributed by atoms with E-state index in [1.165, 1.54) is 30.1 Å². The van der Waals surface area contributed by atoms with E-state index in [0.29, 0.717) is 0 Å². The molecule has 0 aromatic carbocycles. The van der Waals surface area contributed by atoms with Gasteiger partial charge >= 0.3 is 0 Å². The first-order valence-corrected chi connectivity index (χ1v) is 7.88. The second kappa shape index (κ2) is 6.11. The van der Waals surface area contributed by atoms with Gasteiger partial charge in [-0.2, -0.15) is 0 Å².